The molecule has 1 aliphatic heterocycles. The van der Waals surface area contributed by atoms with Gasteiger partial charge in [0.05, 0.1) is 18.5 Å². The van der Waals surface area contributed by atoms with Crippen molar-refractivity contribution in [2.75, 3.05) is 30.4 Å². The number of nitrogens with one attached hydrogen (secondary N) is 1. The van der Waals surface area contributed by atoms with Crippen LogP contribution in [0.4, 0.5) is 11.4 Å². The molecule has 2 rings (SSSR count). The summed E-state index contributed by atoms with van der Waals surface area (Å²) in [6.45, 7) is 14.2. The van der Waals surface area contributed by atoms with Gasteiger partial charge in [-0.1, -0.05) is 65.9 Å². The van der Waals surface area contributed by atoms with Crippen LogP contribution in [0.3, 0.4) is 0 Å². The Morgan fingerprint density at radius 3 is 2.38 bits per heavy atom. The number of carbonyl (C=O) groups is 2. The van der Waals surface area contributed by atoms with Gasteiger partial charge < -0.3 is 15.0 Å². The number of benzene rings is 1. The van der Waals surface area contributed by atoms with E-state index in [4.69, 9.17) is 4.74 Å². The minimum absolute atomic E-state index is 0.0316. The maximum atomic E-state index is 12.9. The van der Waals surface area contributed by atoms with Gasteiger partial charge in [-0.2, -0.15) is 0 Å². The van der Waals surface area contributed by atoms with E-state index >= 15 is 0 Å². The molecule has 1 aliphatic rings. The topological polar surface area (TPSA) is 58.6 Å². The summed E-state index contributed by atoms with van der Waals surface area (Å²) in [6, 6.07) is 2.18. The molecular formula is C27H44N2O3. The van der Waals surface area contributed by atoms with E-state index in [0.717, 1.165) is 37.2 Å². The fraction of sp³-hybridized carbons (Fsp3) is 0.704. The first-order chi connectivity index (χ1) is 15.1. The summed E-state index contributed by atoms with van der Waals surface area (Å²) in [5.74, 6) is 0.145. The van der Waals surface area contributed by atoms with Crippen molar-refractivity contribution in [3.05, 3.63) is 22.8 Å². The number of aryl methyl sites for hydroxylation is 2. The molecular weight excluding hydrogens is 400 g/mol. The predicted molar refractivity (Wildman–Crippen MR) is 134 cm³/mol. The fourth-order valence-corrected chi connectivity index (χ4v) is 4.65. The van der Waals surface area contributed by atoms with Crippen molar-refractivity contribution in [1.82, 2.24) is 0 Å². The van der Waals surface area contributed by atoms with E-state index in [0.29, 0.717) is 6.42 Å². The lowest BCUT2D eigenvalue weighted by Crippen LogP contribution is -2.30. The van der Waals surface area contributed by atoms with Crippen LogP contribution in [0.15, 0.2) is 6.07 Å². The van der Waals surface area contributed by atoms with Crippen LogP contribution in [-0.4, -0.2) is 32.1 Å². The molecule has 1 heterocycles. The van der Waals surface area contributed by atoms with Gasteiger partial charge in [-0.25, -0.2) is 0 Å². The Balaban J connectivity index is 2.32. The number of amides is 1. The average molecular weight is 445 g/mol. The Morgan fingerprint density at radius 2 is 1.75 bits per heavy atom. The van der Waals surface area contributed by atoms with Crippen LogP contribution in [0.2, 0.25) is 0 Å². The van der Waals surface area contributed by atoms with E-state index in [1.807, 2.05) is 20.8 Å². The van der Waals surface area contributed by atoms with E-state index in [2.05, 4.69) is 37.1 Å². The van der Waals surface area contributed by atoms with E-state index < -0.39 is 5.41 Å². The van der Waals surface area contributed by atoms with Crippen molar-refractivity contribution >= 4 is 23.3 Å². The molecule has 0 fully saturated rings. The molecule has 1 amide bonds. The number of methoxy groups -OCH3 is 1. The standard InChI is InChI=1S/C27H44N2O3/c1-8-9-10-11-12-13-16-29-18-21(14-15-22(30)32-7)23-19(2)17-20(3)24(25(23)29)28-26(31)27(4,5)6/h17,21H,8-16,18H2,1-7H3,(H,28,31). The Kier molecular flexibility index (Phi) is 9.60. The second-order valence-corrected chi connectivity index (χ2v) is 10.4. The molecule has 0 saturated heterocycles. The second kappa shape index (κ2) is 11.7. The van der Waals surface area contributed by atoms with Crippen LogP contribution < -0.4 is 10.2 Å². The third-order valence-electron chi connectivity index (χ3n) is 6.54. The Hall–Kier alpha value is -2.04. The largest absolute Gasteiger partial charge is 0.469 e. The van der Waals surface area contributed by atoms with E-state index in [-0.39, 0.29) is 17.8 Å². The Labute approximate surface area is 195 Å². The lowest BCUT2D eigenvalue weighted by atomic mass is 9.90. The number of esters is 1. The molecule has 1 atom stereocenters. The van der Waals surface area contributed by atoms with Gasteiger partial charge >= 0.3 is 5.97 Å². The number of carbonyl (C=O) groups excluding carboxylic acids is 2. The summed E-state index contributed by atoms with van der Waals surface area (Å²) in [7, 11) is 1.45. The van der Waals surface area contributed by atoms with Gasteiger partial charge in [-0.15, -0.1) is 0 Å². The molecule has 5 nitrogen and oxygen atoms in total. The number of nitrogens with zero attached hydrogens (tertiary/aromatic N) is 1. The number of unbranched alkanes of at least 4 members (excludes halogenated alkanes) is 5. The zero-order chi connectivity index (χ0) is 23.9. The van der Waals surface area contributed by atoms with Gasteiger partial charge in [0.1, 0.15) is 0 Å². The smallest absolute Gasteiger partial charge is 0.305 e. The SMILES string of the molecule is CCCCCCCCN1CC(CCC(=O)OC)c2c(C)cc(C)c(NC(=O)C(C)(C)C)c21. The third kappa shape index (κ3) is 6.73. The highest BCUT2D eigenvalue weighted by Gasteiger charge is 2.34. The second-order valence-electron chi connectivity index (χ2n) is 10.4. The van der Waals surface area contributed by atoms with Crippen LogP contribution in [0, 0.1) is 19.3 Å². The van der Waals surface area contributed by atoms with E-state index in [9.17, 15) is 9.59 Å². The number of hydrogen-bond acceptors (Lipinski definition) is 4. The van der Waals surface area contributed by atoms with Gasteiger partial charge in [0.15, 0.2) is 0 Å². The molecule has 0 radical (unpaired) electrons. The number of rotatable bonds is 11. The molecule has 1 aromatic rings. The summed E-state index contributed by atoms with van der Waals surface area (Å²) in [6.07, 6.45) is 8.71. The van der Waals surface area contributed by atoms with Gasteiger partial charge in [-0.05, 0) is 43.4 Å². The summed E-state index contributed by atoms with van der Waals surface area (Å²) in [5.41, 5.74) is 5.28. The molecule has 1 N–H and O–H groups in total. The molecule has 5 heteroatoms. The van der Waals surface area contributed by atoms with Gasteiger partial charge in [0.25, 0.3) is 0 Å². The predicted octanol–water partition coefficient (Wildman–Crippen LogP) is 6.51. The highest BCUT2D eigenvalue weighted by Crippen LogP contribution is 2.47. The van der Waals surface area contributed by atoms with Crippen molar-refractivity contribution in [2.24, 2.45) is 5.41 Å². The van der Waals surface area contributed by atoms with E-state index in [1.54, 1.807) is 0 Å². The number of hydrogen-bond donors (Lipinski definition) is 1. The molecule has 0 spiro atoms. The van der Waals surface area contributed by atoms with Gasteiger partial charge in [-0.3, -0.25) is 9.59 Å². The molecule has 180 valence electrons. The lowest BCUT2D eigenvalue weighted by Gasteiger charge is -2.26. The first kappa shape index (κ1) is 26.2. The summed E-state index contributed by atoms with van der Waals surface area (Å²) in [4.78, 5) is 27.2. The third-order valence-corrected chi connectivity index (χ3v) is 6.54. The van der Waals surface area contributed by atoms with Crippen LogP contribution >= 0.6 is 0 Å². The highest BCUT2D eigenvalue weighted by molar-refractivity contribution is 5.99. The molecule has 0 aromatic heterocycles. The summed E-state index contributed by atoms with van der Waals surface area (Å²) >= 11 is 0. The van der Waals surface area contributed by atoms with Crippen molar-refractivity contribution in [2.45, 2.75) is 98.8 Å². The quantitative estimate of drug-likeness (QED) is 0.312. The first-order valence-electron chi connectivity index (χ1n) is 12.4. The van der Waals surface area contributed by atoms with Crippen LogP contribution in [0.25, 0.3) is 0 Å². The molecule has 0 saturated carbocycles. The van der Waals surface area contributed by atoms with Crippen LogP contribution in [0.1, 0.15) is 102 Å². The normalized spacial score (nSPS) is 15.6. The molecule has 0 bridgehead atoms. The fourth-order valence-electron chi connectivity index (χ4n) is 4.65. The summed E-state index contributed by atoms with van der Waals surface area (Å²) < 4.78 is 4.89. The minimum Gasteiger partial charge on any atom is -0.469 e. The lowest BCUT2D eigenvalue weighted by molar-refractivity contribution is -0.140. The first-order valence-corrected chi connectivity index (χ1v) is 12.4. The Morgan fingerprint density at radius 1 is 1.09 bits per heavy atom. The average Bonchev–Trinajstić information content (AvgIpc) is 3.09. The zero-order valence-electron chi connectivity index (χ0n) is 21.4. The molecule has 0 aliphatic carbocycles. The van der Waals surface area contributed by atoms with Gasteiger partial charge in [0.2, 0.25) is 5.91 Å². The summed E-state index contributed by atoms with van der Waals surface area (Å²) in [5, 5.41) is 3.25. The molecule has 1 unspecified atom stereocenters. The Bertz CT molecular complexity index is 795. The monoisotopic (exact) mass is 444 g/mol. The highest BCUT2D eigenvalue weighted by atomic mass is 16.5. The molecule has 32 heavy (non-hydrogen) atoms. The molecule has 1 aromatic carbocycles. The number of anilines is 2. The number of ether oxygens (including phenoxy) is 1. The maximum absolute atomic E-state index is 12.9. The zero-order valence-corrected chi connectivity index (χ0v) is 21.4. The van der Waals surface area contributed by atoms with Crippen molar-refractivity contribution in [3.63, 3.8) is 0 Å². The van der Waals surface area contributed by atoms with Gasteiger partial charge in [0, 0.05) is 30.8 Å². The minimum atomic E-state index is -0.461. The van der Waals surface area contributed by atoms with Crippen LogP contribution in [-0.2, 0) is 14.3 Å². The van der Waals surface area contributed by atoms with E-state index in [1.165, 1.54) is 56.0 Å². The number of fused-ring (bicyclic) bond motifs is 1. The van der Waals surface area contributed by atoms with Crippen molar-refractivity contribution in [3.8, 4) is 0 Å². The van der Waals surface area contributed by atoms with Crippen molar-refractivity contribution in [1.29, 1.82) is 0 Å². The van der Waals surface area contributed by atoms with Crippen molar-refractivity contribution < 1.29 is 14.3 Å². The maximum Gasteiger partial charge on any atom is 0.305 e. The van der Waals surface area contributed by atoms with Crippen LogP contribution in [0.5, 0.6) is 0 Å².